The Morgan fingerprint density at radius 3 is 2.39 bits per heavy atom. The minimum Gasteiger partial charge on any atom is -0.368 e. The van der Waals surface area contributed by atoms with Crippen molar-refractivity contribution < 1.29 is 9.59 Å². The molecule has 2 aromatic rings. The number of piperazine rings is 1. The Labute approximate surface area is 170 Å². The summed E-state index contributed by atoms with van der Waals surface area (Å²) in [4.78, 5) is 33.8. The van der Waals surface area contributed by atoms with Crippen molar-refractivity contribution >= 4 is 29.3 Å². The van der Waals surface area contributed by atoms with Crippen LogP contribution in [0.5, 0.6) is 0 Å². The molecule has 0 radical (unpaired) electrons. The minimum absolute atomic E-state index is 0.00714. The predicted molar refractivity (Wildman–Crippen MR) is 114 cm³/mol. The first-order valence-electron chi connectivity index (χ1n) is 9.47. The fourth-order valence-electron chi connectivity index (χ4n) is 3.28. The maximum absolute atomic E-state index is 13.1. The van der Waals surface area contributed by atoms with E-state index in [4.69, 9.17) is 0 Å². The van der Waals surface area contributed by atoms with Crippen LogP contribution in [0.4, 0.5) is 5.69 Å². The Morgan fingerprint density at radius 1 is 1.07 bits per heavy atom. The average molecular weight is 399 g/mol. The van der Waals surface area contributed by atoms with Crippen LogP contribution in [0.1, 0.15) is 16.8 Å². The van der Waals surface area contributed by atoms with Crippen LogP contribution in [0.3, 0.4) is 0 Å². The zero-order valence-electron chi connectivity index (χ0n) is 16.1. The lowest BCUT2D eigenvalue weighted by Crippen LogP contribution is -2.55. The Kier molecular flexibility index (Phi) is 7.31. The summed E-state index contributed by atoms with van der Waals surface area (Å²) in [7, 11) is 0. The fraction of sp³-hybridized carbons (Fsp3) is 0.381. The van der Waals surface area contributed by atoms with E-state index in [1.807, 2.05) is 41.5 Å². The Hall–Kier alpha value is -2.54. The molecule has 0 saturated carbocycles. The molecule has 1 saturated heterocycles. The lowest BCUT2D eigenvalue weighted by atomic mass is 10.1. The molecule has 0 aliphatic carbocycles. The van der Waals surface area contributed by atoms with Gasteiger partial charge in [-0.3, -0.25) is 14.6 Å². The van der Waals surface area contributed by atoms with Crippen molar-refractivity contribution in [2.75, 3.05) is 43.1 Å². The van der Waals surface area contributed by atoms with Gasteiger partial charge in [-0.25, -0.2) is 0 Å². The third-order valence-electron chi connectivity index (χ3n) is 4.87. The van der Waals surface area contributed by atoms with Gasteiger partial charge in [-0.1, -0.05) is 18.2 Å². The Bertz CT molecular complexity index is 764. The number of hydrogen-bond donors (Lipinski definition) is 1. The molecule has 1 atom stereocenters. The van der Waals surface area contributed by atoms with Gasteiger partial charge in [0.05, 0.1) is 0 Å². The van der Waals surface area contributed by atoms with E-state index in [0.717, 1.165) is 24.5 Å². The molecule has 1 aliphatic rings. The van der Waals surface area contributed by atoms with Gasteiger partial charge in [-0.15, -0.1) is 0 Å². The molecule has 2 amide bonds. The fourth-order valence-corrected chi connectivity index (χ4v) is 3.76. The molecular weight excluding hydrogens is 372 g/mol. The highest BCUT2D eigenvalue weighted by atomic mass is 32.2. The molecule has 28 heavy (non-hydrogen) atoms. The molecular formula is C21H26N4O2S. The Balaban J connectivity index is 1.61. The van der Waals surface area contributed by atoms with Crippen molar-refractivity contribution in [1.29, 1.82) is 0 Å². The summed E-state index contributed by atoms with van der Waals surface area (Å²) in [6.45, 7) is 2.85. The summed E-state index contributed by atoms with van der Waals surface area (Å²) in [6.07, 6.45) is 6.20. The maximum atomic E-state index is 13.1. The van der Waals surface area contributed by atoms with E-state index < -0.39 is 6.04 Å². The van der Waals surface area contributed by atoms with Crippen molar-refractivity contribution in [2.24, 2.45) is 0 Å². The molecule has 148 valence electrons. The number of pyridine rings is 1. The molecule has 2 heterocycles. The maximum Gasteiger partial charge on any atom is 0.251 e. The third-order valence-corrected chi connectivity index (χ3v) is 5.51. The molecule has 3 rings (SSSR count). The molecule has 1 fully saturated rings. The molecule has 0 spiro atoms. The number of aromatic nitrogens is 1. The second-order valence-corrected chi connectivity index (χ2v) is 7.68. The van der Waals surface area contributed by atoms with Crippen LogP contribution in [0.25, 0.3) is 0 Å². The van der Waals surface area contributed by atoms with Gasteiger partial charge in [0.25, 0.3) is 5.91 Å². The van der Waals surface area contributed by atoms with Crippen LogP contribution in [0, 0.1) is 0 Å². The monoisotopic (exact) mass is 398 g/mol. The average Bonchev–Trinajstić information content (AvgIpc) is 2.77. The zero-order chi connectivity index (χ0) is 19.8. The summed E-state index contributed by atoms with van der Waals surface area (Å²) in [5, 5.41) is 2.94. The normalized spacial score (nSPS) is 15.2. The third kappa shape index (κ3) is 5.25. The largest absolute Gasteiger partial charge is 0.368 e. The minimum atomic E-state index is -0.493. The standard InChI is InChI=1S/C21H26N4O2S/c1-28-16-9-19(23-20(26)17-5-3-2-4-6-17)21(27)25-14-12-24(13-15-25)18-7-10-22-11-8-18/h2-8,10-11,19H,9,12-16H2,1H3,(H,23,26)/t19-/m0/s1. The number of benzene rings is 1. The van der Waals surface area contributed by atoms with E-state index in [2.05, 4.69) is 15.2 Å². The smallest absolute Gasteiger partial charge is 0.251 e. The van der Waals surface area contributed by atoms with Gasteiger partial charge in [-0.05, 0) is 42.7 Å². The predicted octanol–water partition coefficient (Wildman–Crippen LogP) is 2.28. The van der Waals surface area contributed by atoms with E-state index in [1.54, 1.807) is 36.3 Å². The molecule has 1 N–H and O–H groups in total. The van der Waals surface area contributed by atoms with Gasteiger partial charge in [0, 0.05) is 49.8 Å². The number of carbonyl (C=O) groups is 2. The van der Waals surface area contributed by atoms with E-state index >= 15 is 0 Å². The second-order valence-electron chi connectivity index (χ2n) is 6.69. The molecule has 1 aromatic carbocycles. The summed E-state index contributed by atoms with van der Waals surface area (Å²) < 4.78 is 0. The number of thioether (sulfide) groups is 1. The van der Waals surface area contributed by atoms with Crippen LogP contribution in [-0.4, -0.2) is 65.9 Å². The lowest BCUT2D eigenvalue weighted by molar-refractivity contribution is -0.133. The second kappa shape index (κ2) is 10.1. The SMILES string of the molecule is CSCC[C@H](NC(=O)c1ccccc1)C(=O)N1CCN(c2ccncc2)CC1. The first kappa shape index (κ1) is 20.2. The summed E-state index contributed by atoms with van der Waals surface area (Å²) in [5.41, 5.74) is 1.70. The van der Waals surface area contributed by atoms with Crippen LogP contribution < -0.4 is 10.2 Å². The topological polar surface area (TPSA) is 65.5 Å². The van der Waals surface area contributed by atoms with Crippen molar-refractivity contribution in [3.8, 4) is 0 Å². The number of amides is 2. The van der Waals surface area contributed by atoms with Crippen LogP contribution in [0.2, 0.25) is 0 Å². The summed E-state index contributed by atoms with van der Waals surface area (Å²) in [6, 6.07) is 12.5. The number of nitrogens with zero attached hydrogens (tertiary/aromatic N) is 3. The van der Waals surface area contributed by atoms with Crippen LogP contribution >= 0.6 is 11.8 Å². The van der Waals surface area contributed by atoms with Gasteiger partial charge < -0.3 is 15.1 Å². The van der Waals surface area contributed by atoms with Gasteiger partial charge in [0.2, 0.25) is 5.91 Å². The zero-order valence-corrected chi connectivity index (χ0v) is 16.9. The lowest BCUT2D eigenvalue weighted by Gasteiger charge is -2.37. The first-order valence-corrected chi connectivity index (χ1v) is 10.9. The molecule has 0 unspecified atom stereocenters. The summed E-state index contributed by atoms with van der Waals surface area (Å²) in [5.74, 6) is 0.630. The molecule has 1 aliphatic heterocycles. The van der Waals surface area contributed by atoms with Gasteiger partial charge >= 0.3 is 0 Å². The quantitative estimate of drug-likeness (QED) is 0.775. The van der Waals surface area contributed by atoms with Crippen molar-refractivity contribution in [2.45, 2.75) is 12.5 Å². The molecule has 1 aromatic heterocycles. The molecule has 6 nitrogen and oxygen atoms in total. The number of hydrogen-bond acceptors (Lipinski definition) is 5. The van der Waals surface area contributed by atoms with E-state index in [-0.39, 0.29) is 11.8 Å². The van der Waals surface area contributed by atoms with E-state index in [1.165, 1.54) is 0 Å². The highest BCUT2D eigenvalue weighted by molar-refractivity contribution is 7.98. The number of rotatable bonds is 7. The highest BCUT2D eigenvalue weighted by Crippen LogP contribution is 2.16. The Morgan fingerprint density at radius 2 is 1.75 bits per heavy atom. The molecule has 7 heteroatoms. The highest BCUT2D eigenvalue weighted by Gasteiger charge is 2.28. The van der Waals surface area contributed by atoms with Crippen LogP contribution in [-0.2, 0) is 4.79 Å². The number of anilines is 1. The number of nitrogens with one attached hydrogen (secondary N) is 1. The van der Waals surface area contributed by atoms with Crippen molar-refractivity contribution in [3.63, 3.8) is 0 Å². The van der Waals surface area contributed by atoms with Crippen molar-refractivity contribution in [3.05, 3.63) is 60.4 Å². The summed E-state index contributed by atoms with van der Waals surface area (Å²) >= 11 is 1.68. The van der Waals surface area contributed by atoms with Gasteiger partial charge in [0.15, 0.2) is 0 Å². The van der Waals surface area contributed by atoms with E-state index in [0.29, 0.717) is 25.1 Å². The van der Waals surface area contributed by atoms with E-state index in [9.17, 15) is 9.59 Å². The van der Waals surface area contributed by atoms with Crippen molar-refractivity contribution in [1.82, 2.24) is 15.2 Å². The molecule has 0 bridgehead atoms. The van der Waals surface area contributed by atoms with Crippen LogP contribution in [0.15, 0.2) is 54.9 Å². The number of carbonyl (C=O) groups excluding carboxylic acids is 2. The first-order chi connectivity index (χ1) is 13.7. The van der Waals surface area contributed by atoms with Gasteiger partial charge in [-0.2, -0.15) is 11.8 Å². The van der Waals surface area contributed by atoms with Gasteiger partial charge in [0.1, 0.15) is 6.04 Å².